The zero-order valence-corrected chi connectivity index (χ0v) is 14.8. The SMILES string of the molecule is COc1cc(OC(F)F)cnc1NS(=O)(=O)c1c[nH]c(-c2ccccc2)c1. The number of halogens is 2. The molecule has 3 aromatic rings. The van der Waals surface area contributed by atoms with Crippen LogP contribution in [0.2, 0.25) is 0 Å². The lowest BCUT2D eigenvalue weighted by Crippen LogP contribution is -2.14. The van der Waals surface area contributed by atoms with Crippen LogP contribution in [0.15, 0.2) is 59.8 Å². The Morgan fingerprint density at radius 2 is 1.93 bits per heavy atom. The minimum atomic E-state index is -3.98. The number of rotatable bonds is 7. The quantitative estimate of drug-likeness (QED) is 0.639. The highest BCUT2D eigenvalue weighted by atomic mass is 32.2. The summed E-state index contributed by atoms with van der Waals surface area (Å²) in [4.78, 5) is 6.68. The molecule has 0 spiro atoms. The van der Waals surface area contributed by atoms with E-state index >= 15 is 0 Å². The molecule has 0 aliphatic rings. The lowest BCUT2D eigenvalue weighted by molar-refractivity contribution is -0.0501. The van der Waals surface area contributed by atoms with Crippen LogP contribution in [-0.2, 0) is 10.0 Å². The number of anilines is 1. The van der Waals surface area contributed by atoms with Gasteiger partial charge in [-0.3, -0.25) is 4.72 Å². The van der Waals surface area contributed by atoms with Crippen LogP contribution in [-0.4, -0.2) is 32.1 Å². The van der Waals surface area contributed by atoms with Crippen molar-refractivity contribution in [3.05, 3.63) is 54.9 Å². The van der Waals surface area contributed by atoms with Gasteiger partial charge in [0.05, 0.1) is 13.3 Å². The maximum Gasteiger partial charge on any atom is 0.387 e. The molecule has 0 saturated heterocycles. The minimum absolute atomic E-state index is 0.0156. The zero-order valence-electron chi connectivity index (χ0n) is 14.0. The van der Waals surface area contributed by atoms with E-state index in [-0.39, 0.29) is 22.2 Å². The normalized spacial score (nSPS) is 11.4. The average Bonchev–Trinajstić information content (AvgIpc) is 3.14. The first-order chi connectivity index (χ1) is 12.9. The number of methoxy groups -OCH3 is 1. The van der Waals surface area contributed by atoms with Crippen molar-refractivity contribution in [3.63, 3.8) is 0 Å². The summed E-state index contributed by atoms with van der Waals surface area (Å²) in [5.74, 6) is -0.463. The number of aromatic amines is 1. The molecular weight excluding hydrogens is 380 g/mol. The molecule has 2 N–H and O–H groups in total. The van der Waals surface area contributed by atoms with Gasteiger partial charge in [0.15, 0.2) is 11.6 Å². The predicted molar refractivity (Wildman–Crippen MR) is 94.5 cm³/mol. The summed E-state index contributed by atoms with van der Waals surface area (Å²) in [5, 5.41) is 0. The van der Waals surface area contributed by atoms with Crippen LogP contribution in [0.1, 0.15) is 0 Å². The van der Waals surface area contributed by atoms with Gasteiger partial charge in [-0.1, -0.05) is 30.3 Å². The van der Waals surface area contributed by atoms with Gasteiger partial charge in [0.25, 0.3) is 10.0 Å². The number of H-pyrrole nitrogens is 1. The van der Waals surface area contributed by atoms with Gasteiger partial charge in [-0.25, -0.2) is 13.4 Å². The van der Waals surface area contributed by atoms with Crippen LogP contribution < -0.4 is 14.2 Å². The number of alkyl halides is 2. The van der Waals surface area contributed by atoms with E-state index in [0.717, 1.165) is 17.8 Å². The van der Waals surface area contributed by atoms with Crippen LogP contribution >= 0.6 is 0 Å². The monoisotopic (exact) mass is 395 g/mol. The summed E-state index contributed by atoms with van der Waals surface area (Å²) in [6.45, 7) is -3.03. The molecule has 0 radical (unpaired) electrons. The molecule has 3 rings (SSSR count). The Bertz CT molecular complexity index is 1020. The molecule has 0 fully saturated rings. The second-order valence-corrected chi connectivity index (χ2v) is 7.00. The number of pyridine rings is 1. The van der Waals surface area contributed by atoms with E-state index in [9.17, 15) is 17.2 Å². The van der Waals surface area contributed by atoms with Crippen molar-refractivity contribution >= 4 is 15.8 Å². The topological polar surface area (TPSA) is 93.3 Å². The molecule has 142 valence electrons. The third kappa shape index (κ3) is 4.34. The van der Waals surface area contributed by atoms with E-state index in [2.05, 4.69) is 19.4 Å². The zero-order chi connectivity index (χ0) is 19.4. The van der Waals surface area contributed by atoms with Crippen molar-refractivity contribution < 1.29 is 26.7 Å². The van der Waals surface area contributed by atoms with E-state index in [1.165, 1.54) is 19.4 Å². The summed E-state index contributed by atoms with van der Waals surface area (Å²) in [6.07, 6.45) is 2.31. The van der Waals surface area contributed by atoms with Crippen LogP contribution in [0, 0.1) is 0 Å². The van der Waals surface area contributed by atoms with E-state index in [4.69, 9.17) is 4.74 Å². The van der Waals surface area contributed by atoms with E-state index in [1.54, 1.807) is 0 Å². The second kappa shape index (κ2) is 7.62. The number of nitrogens with one attached hydrogen (secondary N) is 2. The van der Waals surface area contributed by atoms with E-state index in [0.29, 0.717) is 5.69 Å². The Morgan fingerprint density at radius 1 is 1.19 bits per heavy atom. The van der Waals surface area contributed by atoms with Gasteiger partial charge in [0.1, 0.15) is 10.6 Å². The highest BCUT2D eigenvalue weighted by Crippen LogP contribution is 2.30. The third-order valence-corrected chi connectivity index (χ3v) is 4.87. The molecule has 0 bridgehead atoms. The maximum absolute atomic E-state index is 12.6. The minimum Gasteiger partial charge on any atom is -0.493 e. The van der Waals surface area contributed by atoms with Gasteiger partial charge < -0.3 is 14.5 Å². The van der Waals surface area contributed by atoms with Crippen LogP contribution in [0.25, 0.3) is 11.3 Å². The number of hydrogen-bond acceptors (Lipinski definition) is 5. The largest absolute Gasteiger partial charge is 0.493 e. The standard InChI is InChI=1S/C17H15F2N3O4S/c1-25-15-7-12(26-17(18)19)9-21-16(15)22-27(23,24)13-8-14(20-10-13)11-5-3-2-4-6-11/h2-10,17,20H,1H3,(H,21,22). The Kier molecular flexibility index (Phi) is 5.26. The highest BCUT2D eigenvalue weighted by molar-refractivity contribution is 7.92. The Morgan fingerprint density at radius 3 is 2.59 bits per heavy atom. The summed E-state index contributed by atoms with van der Waals surface area (Å²) in [6, 6.07) is 11.8. The fourth-order valence-corrected chi connectivity index (χ4v) is 3.34. The highest BCUT2D eigenvalue weighted by Gasteiger charge is 2.20. The molecular formula is C17H15F2N3O4S. The molecule has 0 amide bonds. The Hall–Kier alpha value is -3.14. The summed E-state index contributed by atoms with van der Waals surface area (Å²) >= 11 is 0. The first-order valence-electron chi connectivity index (χ1n) is 7.64. The number of sulfonamides is 1. The van der Waals surface area contributed by atoms with Crippen molar-refractivity contribution in [2.45, 2.75) is 11.5 Å². The smallest absolute Gasteiger partial charge is 0.387 e. The molecule has 0 aliphatic carbocycles. The van der Waals surface area contributed by atoms with Crippen molar-refractivity contribution in [3.8, 4) is 22.8 Å². The van der Waals surface area contributed by atoms with Gasteiger partial charge in [0, 0.05) is 18.0 Å². The fourth-order valence-electron chi connectivity index (χ4n) is 2.33. The van der Waals surface area contributed by atoms with Crippen molar-refractivity contribution in [1.29, 1.82) is 0 Å². The second-order valence-electron chi connectivity index (χ2n) is 5.32. The molecule has 7 nitrogen and oxygen atoms in total. The number of hydrogen-bond donors (Lipinski definition) is 2. The van der Waals surface area contributed by atoms with Gasteiger partial charge in [0.2, 0.25) is 0 Å². The third-order valence-electron chi connectivity index (χ3n) is 3.56. The summed E-state index contributed by atoms with van der Waals surface area (Å²) < 4.78 is 61.3. The van der Waals surface area contributed by atoms with Gasteiger partial charge in [-0.2, -0.15) is 8.78 Å². The van der Waals surface area contributed by atoms with Crippen LogP contribution in [0.4, 0.5) is 14.6 Å². The lowest BCUT2D eigenvalue weighted by Gasteiger charge is -2.11. The number of aromatic nitrogens is 2. The number of nitrogens with zero attached hydrogens (tertiary/aromatic N) is 1. The molecule has 2 heterocycles. The molecule has 27 heavy (non-hydrogen) atoms. The molecule has 0 aliphatic heterocycles. The maximum atomic E-state index is 12.6. The fraction of sp³-hybridized carbons (Fsp3) is 0.118. The van der Waals surface area contributed by atoms with E-state index < -0.39 is 16.6 Å². The Labute approximate surface area is 154 Å². The molecule has 2 aromatic heterocycles. The summed E-state index contributed by atoms with van der Waals surface area (Å²) in [5.41, 5.74) is 1.44. The van der Waals surface area contributed by atoms with Gasteiger partial charge in [-0.05, 0) is 11.6 Å². The number of benzene rings is 1. The van der Waals surface area contributed by atoms with Crippen LogP contribution in [0.3, 0.4) is 0 Å². The summed E-state index contributed by atoms with van der Waals surface area (Å²) in [7, 11) is -2.73. The molecule has 1 aromatic carbocycles. The van der Waals surface area contributed by atoms with Crippen molar-refractivity contribution in [2.75, 3.05) is 11.8 Å². The lowest BCUT2D eigenvalue weighted by atomic mass is 10.2. The van der Waals surface area contributed by atoms with Crippen molar-refractivity contribution in [2.24, 2.45) is 0 Å². The average molecular weight is 395 g/mol. The molecule has 0 atom stereocenters. The predicted octanol–water partition coefficient (Wildman–Crippen LogP) is 3.49. The van der Waals surface area contributed by atoms with Gasteiger partial charge in [-0.15, -0.1) is 0 Å². The Balaban J connectivity index is 1.85. The first kappa shape index (κ1) is 18.6. The molecule has 0 saturated carbocycles. The number of ether oxygens (including phenoxy) is 2. The molecule has 10 heteroatoms. The van der Waals surface area contributed by atoms with Gasteiger partial charge >= 0.3 is 6.61 Å². The molecule has 0 unspecified atom stereocenters. The van der Waals surface area contributed by atoms with Crippen LogP contribution in [0.5, 0.6) is 11.5 Å². The van der Waals surface area contributed by atoms with E-state index in [1.807, 2.05) is 30.3 Å². The van der Waals surface area contributed by atoms with Crippen molar-refractivity contribution in [1.82, 2.24) is 9.97 Å². The first-order valence-corrected chi connectivity index (χ1v) is 9.13.